The molecule has 0 saturated carbocycles. The first-order chi connectivity index (χ1) is 5.88. The van der Waals surface area contributed by atoms with Crippen molar-refractivity contribution < 1.29 is 27.6 Å². The number of alkyl halides is 3. The lowest BCUT2D eigenvalue weighted by molar-refractivity contribution is -0.207. The normalized spacial score (nSPS) is 10.8. The topological polar surface area (TPSA) is 55.4 Å². The Morgan fingerprint density at radius 2 is 1.92 bits per heavy atom. The van der Waals surface area contributed by atoms with Gasteiger partial charge in [0.15, 0.2) is 0 Å². The Bertz CT molecular complexity index is 202. The molecule has 0 unspecified atom stereocenters. The maximum atomic E-state index is 11.5. The zero-order valence-corrected chi connectivity index (χ0v) is 6.77. The molecule has 0 saturated heterocycles. The first kappa shape index (κ1) is 11.7. The Balaban J connectivity index is 3.77. The molecule has 0 aliphatic carbocycles. The summed E-state index contributed by atoms with van der Waals surface area (Å²) < 4.78 is 34.4. The lowest BCUT2D eigenvalue weighted by Crippen LogP contribution is -2.34. The fourth-order valence-electron chi connectivity index (χ4n) is 0.439. The molecule has 0 aliphatic rings. The molecule has 13 heavy (non-hydrogen) atoms. The van der Waals surface area contributed by atoms with Crippen LogP contribution < -0.4 is 5.48 Å². The van der Waals surface area contributed by atoms with Gasteiger partial charge in [-0.05, 0) is 6.42 Å². The van der Waals surface area contributed by atoms with E-state index in [9.17, 15) is 22.8 Å². The highest BCUT2D eigenvalue weighted by atomic mass is 19.4. The molecular weight excluding hydrogens is 191 g/mol. The van der Waals surface area contributed by atoms with Gasteiger partial charge in [0.1, 0.15) is 0 Å². The van der Waals surface area contributed by atoms with E-state index in [0.717, 1.165) is 0 Å². The van der Waals surface area contributed by atoms with Gasteiger partial charge >= 0.3 is 12.1 Å². The van der Waals surface area contributed by atoms with Crippen LogP contribution in [0.5, 0.6) is 0 Å². The van der Waals surface area contributed by atoms with E-state index in [1.165, 1.54) is 5.48 Å². The highest BCUT2D eigenvalue weighted by molar-refractivity contribution is 5.80. The molecule has 7 heteroatoms. The van der Waals surface area contributed by atoms with Crippen molar-refractivity contribution in [3.8, 4) is 0 Å². The third kappa shape index (κ3) is 5.05. The van der Waals surface area contributed by atoms with Crippen molar-refractivity contribution in [3.63, 3.8) is 0 Å². The second kappa shape index (κ2) is 4.68. The molecule has 0 aliphatic heterocycles. The van der Waals surface area contributed by atoms with Crippen molar-refractivity contribution in [3.05, 3.63) is 0 Å². The van der Waals surface area contributed by atoms with Gasteiger partial charge in [0.05, 0.1) is 0 Å². The smallest absolute Gasteiger partial charge is 0.332 e. The van der Waals surface area contributed by atoms with Gasteiger partial charge in [0.2, 0.25) is 0 Å². The van der Waals surface area contributed by atoms with Crippen LogP contribution in [0.3, 0.4) is 0 Å². The van der Waals surface area contributed by atoms with E-state index in [-0.39, 0.29) is 6.42 Å². The van der Waals surface area contributed by atoms with Crippen molar-refractivity contribution >= 4 is 11.9 Å². The summed E-state index contributed by atoms with van der Waals surface area (Å²) in [6, 6.07) is 0. The fourth-order valence-corrected chi connectivity index (χ4v) is 0.439. The summed E-state index contributed by atoms with van der Waals surface area (Å²) >= 11 is 0. The van der Waals surface area contributed by atoms with Gasteiger partial charge in [0, 0.05) is 6.42 Å². The Kier molecular flexibility index (Phi) is 4.22. The van der Waals surface area contributed by atoms with Crippen molar-refractivity contribution in [2.24, 2.45) is 0 Å². The van der Waals surface area contributed by atoms with Gasteiger partial charge in [0.25, 0.3) is 5.91 Å². The molecule has 1 amide bonds. The molecule has 0 aromatic carbocycles. The van der Waals surface area contributed by atoms with Crippen molar-refractivity contribution in [1.82, 2.24) is 5.48 Å². The van der Waals surface area contributed by atoms with Crippen LogP contribution in [-0.2, 0) is 14.4 Å². The first-order valence-corrected chi connectivity index (χ1v) is 3.44. The van der Waals surface area contributed by atoms with Gasteiger partial charge in [-0.1, -0.05) is 6.92 Å². The van der Waals surface area contributed by atoms with Crippen LogP contribution in [0.15, 0.2) is 0 Å². The van der Waals surface area contributed by atoms with Gasteiger partial charge in [-0.25, -0.2) is 4.79 Å². The number of hydrogen-bond donors (Lipinski definition) is 1. The Morgan fingerprint density at radius 3 is 2.31 bits per heavy atom. The third-order valence-electron chi connectivity index (χ3n) is 0.966. The van der Waals surface area contributed by atoms with Crippen LogP contribution in [0.25, 0.3) is 0 Å². The van der Waals surface area contributed by atoms with E-state index < -0.39 is 18.1 Å². The van der Waals surface area contributed by atoms with Gasteiger partial charge < -0.3 is 4.84 Å². The highest BCUT2D eigenvalue weighted by Crippen LogP contribution is 2.15. The second-order valence-corrected chi connectivity index (χ2v) is 2.16. The third-order valence-corrected chi connectivity index (χ3v) is 0.966. The van der Waals surface area contributed by atoms with E-state index in [0.29, 0.717) is 6.42 Å². The number of amides is 1. The Labute approximate surface area is 72.0 Å². The molecule has 0 aromatic rings. The molecule has 0 atom stereocenters. The maximum Gasteiger partial charge on any atom is 0.493 e. The summed E-state index contributed by atoms with van der Waals surface area (Å²) in [6.45, 7) is 1.66. The minimum absolute atomic E-state index is 0.00510. The maximum absolute atomic E-state index is 11.5. The Morgan fingerprint density at radius 1 is 1.38 bits per heavy atom. The Hall–Kier alpha value is -1.27. The quantitative estimate of drug-likeness (QED) is 0.673. The number of rotatable bonds is 2. The van der Waals surface area contributed by atoms with Crippen LogP contribution in [0.1, 0.15) is 19.8 Å². The summed E-state index contributed by atoms with van der Waals surface area (Å²) in [5.74, 6) is -3.20. The number of halogens is 3. The lowest BCUT2D eigenvalue weighted by Gasteiger charge is -2.06. The highest BCUT2D eigenvalue weighted by Gasteiger charge is 2.41. The van der Waals surface area contributed by atoms with E-state index >= 15 is 0 Å². The van der Waals surface area contributed by atoms with E-state index in [1.807, 2.05) is 0 Å². The SMILES string of the molecule is CCCC(=O)NOC(=O)C(F)(F)F. The van der Waals surface area contributed by atoms with Crippen LogP contribution in [0, 0.1) is 0 Å². The van der Waals surface area contributed by atoms with E-state index in [1.54, 1.807) is 6.92 Å². The average Bonchev–Trinajstić information content (AvgIpc) is 1.99. The number of hydrogen-bond acceptors (Lipinski definition) is 3. The van der Waals surface area contributed by atoms with Crippen molar-refractivity contribution in [2.45, 2.75) is 25.9 Å². The average molecular weight is 199 g/mol. The van der Waals surface area contributed by atoms with Gasteiger partial charge in [-0.3, -0.25) is 4.79 Å². The first-order valence-electron chi connectivity index (χ1n) is 3.44. The van der Waals surface area contributed by atoms with E-state index in [2.05, 4.69) is 4.84 Å². The fraction of sp³-hybridized carbons (Fsp3) is 0.667. The van der Waals surface area contributed by atoms with Crippen LogP contribution in [-0.4, -0.2) is 18.1 Å². The molecular formula is C6H8F3NO3. The lowest BCUT2D eigenvalue weighted by atomic mass is 10.3. The minimum atomic E-state index is -5.08. The number of nitrogens with one attached hydrogen (secondary N) is 1. The molecule has 0 fully saturated rings. The second-order valence-electron chi connectivity index (χ2n) is 2.16. The summed E-state index contributed by atoms with van der Waals surface area (Å²) in [4.78, 5) is 24.0. The predicted octanol–water partition coefficient (Wildman–Crippen LogP) is 0.923. The predicted molar refractivity (Wildman–Crippen MR) is 35.2 cm³/mol. The van der Waals surface area contributed by atoms with Crippen LogP contribution >= 0.6 is 0 Å². The molecule has 1 N–H and O–H groups in total. The standard InChI is InChI=1S/C6H8F3NO3/c1-2-3-4(11)10-13-5(12)6(7,8)9/h2-3H2,1H3,(H,10,11). The molecule has 0 bridgehead atoms. The molecule has 4 nitrogen and oxygen atoms in total. The van der Waals surface area contributed by atoms with Gasteiger partial charge in [-0.2, -0.15) is 18.7 Å². The molecule has 0 radical (unpaired) electrons. The van der Waals surface area contributed by atoms with Crippen LogP contribution in [0.2, 0.25) is 0 Å². The number of carbonyl (C=O) groups excluding carboxylic acids is 2. The molecule has 76 valence electrons. The molecule has 0 aromatic heterocycles. The summed E-state index contributed by atoms with van der Waals surface area (Å²) in [7, 11) is 0. The number of hydroxylamine groups is 1. The molecule has 0 spiro atoms. The van der Waals surface area contributed by atoms with Gasteiger partial charge in [-0.15, -0.1) is 0 Å². The minimum Gasteiger partial charge on any atom is -0.332 e. The largest absolute Gasteiger partial charge is 0.493 e. The van der Waals surface area contributed by atoms with Crippen molar-refractivity contribution in [1.29, 1.82) is 0 Å². The summed E-state index contributed by atoms with van der Waals surface area (Å²) in [5.41, 5.74) is 1.38. The number of carbonyl (C=O) groups is 2. The zero-order valence-electron chi connectivity index (χ0n) is 6.77. The summed E-state index contributed by atoms with van der Waals surface area (Å²) in [6.07, 6.45) is -4.62. The van der Waals surface area contributed by atoms with Crippen molar-refractivity contribution in [2.75, 3.05) is 0 Å². The molecule has 0 rings (SSSR count). The van der Waals surface area contributed by atoms with Crippen LogP contribution in [0.4, 0.5) is 13.2 Å². The van der Waals surface area contributed by atoms with E-state index in [4.69, 9.17) is 0 Å². The molecule has 0 heterocycles. The summed E-state index contributed by atoms with van der Waals surface area (Å²) in [5, 5.41) is 0. The zero-order chi connectivity index (χ0) is 10.5. The monoisotopic (exact) mass is 199 g/mol.